The third-order valence-corrected chi connectivity index (χ3v) is 5.95. The fourth-order valence-corrected chi connectivity index (χ4v) is 4.31. The maximum atomic E-state index is 6.59. The van der Waals surface area contributed by atoms with Crippen molar-refractivity contribution in [2.75, 3.05) is 5.73 Å². The van der Waals surface area contributed by atoms with Gasteiger partial charge in [0.25, 0.3) is 0 Å². The highest BCUT2D eigenvalue weighted by Gasteiger charge is 2.22. The Labute approximate surface area is 196 Å². The fraction of sp³-hybridized carbons (Fsp3) is 0.0741. The molecule has 2 N–H and O–H groups in total. The summed E-state index contributed by atoms with van der Waals surface area (Å²) in [5.74, 6) is 0.894. The second kappa shape index (κ2) is 7.74. The SMILES string of the molecule is Cc1ccc(-c2c3c(N)nc(-c4ccncc4)nc3nc3c2c(C)nn3-c2ccccc2)cc1. The molecule has 4 aromatic heterocycles. The molecule has 0 amide bonds. The number of hydrogen-bond acceptors (Lipinski definition) is 6. The number of nitrogens with zero attached hydrogens (tertiary/aromatic N) is 6. The molecule has 6 aromatic rings. The van der Waals surface area contributed by atoms with E-state index in [0.717, 1.165) is 44.5 Å². The van der Waals surface area contributed by atoms with Gasteiger partial charge in [-0.25, -0.2) is 19.6 Å². The summed E-state index contributed by atoms with van der Waals surface area (Å²) in [7, 11) is 0. The summed E-state index contributed by atoms with van der Waals surface area (Å²) in [4.78, 5) is 18.6. The summed E-state index contributed by atoms with van der Waals surface area (Å²) in [6, 6.07) is 22.1. The first-order chi connectivity index (χ1) is 16.6. The summed E-state index contributed by atoms with van der Waals surface area (Å²) < 4.78 is 1.87. The molecule has 0 atom stereocenters. The van der Waals surface area contributed by atoms with Gasteiger partial charge in [0.05, 0.1) is 22.2 Å². The van der Waals surface area contributed by atoms with Gasteiger partial charge in [0.2, 0.25) is 0 Å². The lowest BCUT2D eigenvalue weighted by atomic mass is 9.97. The van der Waals surface area contributed by atoms with Crippen LogP contribution in [-0.2, 0) is 0 Å². The van der Waals surface area contributed by atoms with E-state index in [4.69, 9.17) is 20.8 Å². The minimum Gasteiger partial charge on any atom is -0.383 e. The quantitative estimate of drug-likeness (QED) is 0.399. The Kier molecular flexibility index (Phi) is 4.55. The van der Waals surface area contributed by atoms with Crippen molar-refractivity contribution in [2.24, 2.45) is 0 Å². The van der Waals surface area contributed by atoms with Gasteiger partial charge in [0.15, 0.2) is 17.1 Å². The van der Waals surface area contributed by atoms with Crippen LogP contribution in [0.25, 0.3) is 50.3 Å². The van der Waals surface area contributed by atoms with Crippen molar-refractivity contribution in [1.29, 1.82) is 0 Å². The summed E-state index contributed by atoms with van der Waals surface area (Å²) in [5, 5.41) is 6.52. The van der Waals surface area contributed by atoms with Crippen molar-refractivity contribution < 1.29 is 0 Å². The summed E-state index contributed by atoms with van der Waals surface area (Å²) >= 11 is 0. The predicted octanol–water partition coefficient (Wildman–Crippen LogP) is 5.29. The molecule has 0 unspecified atom stereocenters. The van der Waals surface area contributed by atoms with Crippen molar-refractivity contribution in [1.82, 2.24) is 29.7 Å². The molecular formula is C27H21N7. The van der Waals surface area contributed by atoms with Crippen LogP contribution in [0.15, 0.2) is 79.1 Å². The Bertz CT molecular complexity index is 1660. The van der Waals surface area contributed by atoms with E-state index in [1.165, 1.54) is 5.56 Å². The molecule has 0 saturated carbocycles. The first-order valence-corrected chi connectivity index (χ1v) is 11.0. The number of anilines is 1. The van der Waals surface area contributed by atoms with Gasteiger partial charge in [-0.15, -0.1) is 0 Å². The molecule has 7 heteroatoms. The van der Waals surface area contributed by atoms with Crippen molar-refractivity contribution in [3.8, 4) is 28.2 Å². The van der Waals surface area contributed by atoms with E-state index in [1.54, 1.807) is 12.4 Å². The highest BCUT2D eigenvalue weighted by Crippen LogP contribution is 2.39. The first-order valence-electron chi connectivity index (χ1n) is 11.0. The number of pyridine rings is 2. The summed E-state index contributed by atoms with van der Waals surface area (Å²) in [5.41, 5.74) is 13.6. The van der Waals surface area contributed by atoms with E-state index in [-0.39, 0.29) is 0 Å². The molecule has 0 aliphatic carbocycles. The van der Waals surface area contributed by atoms with Gasteiger partial charge in [-0.05, 0) is 43.7 Å². The molecule has 4 heterocycles. The van der Waals surface area contributed by atoms with Crippen LogP contribution < -0.4 is 5.73 Å². The number of nitrogen functional groups attached to an aromatic ring is 1. The maximum Gasteiger partial charge on any atom is 0.168 e. The average molecular weight is 444 g/mol. The number of fused-ring (bicyclic) bond motifs is 2. The Morgan fingerprint density at radius 2 is 1.47 bits per heavy atom. The second-order valence-electron chi connectivity index (χ2n) is 8.25. The summed E-state index contributed by atoms with van der Waals surface area (Å²) in [6.45, 7) is 4.07. The van der Waals surface area contributed by atoms with Crippen LogP contribution in [0.3, 0.4) is 0 Å². The molecule has 7 nitrogen and oxygen atoms in total. The van der Waals surface area contributed by atoms with Crippen molar-refractivity contribution in [3.05, 3.63) is 90.4 Å². The lowest BCUT2D eigenvalue weighted by Crippen LogP contribution is -2.03. The molecule has 0 spiro atoms. The second-order valence-corrected chi connectivity index (χ2v) is 8.25. The van der Waals surface area contributed by atoms with Crippen LogP contribution in [0.1, 0.15) is 11.3 Å². The van der Waals surface area contributed by atoms with Crippen LogP contribution in [0.2, 0.25) is 0 Å². The van der Waals surface area contributed by atoms with Crippen LogP contribution in [-0.4, -0.2) is 29.7 Å². The lowest BCUT2D eigenvalue weighted by Gasteiger charge is -2.13. The predicted molar refractivity (Wildman–Crippen MR) is 135 cm³/mol. The molecule has 0 radical (unpaired) electrons. The monoisotopic (exact) mass is 443 g/mol. The zero-order chi connectivity index (χ0) is 23.2. The first kappa shape index (κ1) is 20.0. The van der Waals surface area contributed by atoms with E-state index < -0.39 is 0 Å². The summed E-state index contributed by atoms with van der Waals surface area (Å²) in [6.07, 6.45) is 3.42. The molecule has 0 fully saturated rings. The minimum absolute atomic E-state index is 0.383. The largest absolute Gasteiger partial charge is 0.383 e. The van der Waals surface area contributed by atoms with Gasteiger partial charge < -0.3 is 5.73 Å². The third-order valence-electron chi connectivity index (χ3n) is 5.95. The van der Waals surface area contributed by atoms with Gasteiger partial charge in [-0.1, -0.05) is 48.0 Å². The number of aromatic nitrogens is 6. The van der Waals surface area contributed by atoms with Gasteiger partial charge in [0, 0.05) is 23.5 Å². The Morgan fingerprint density at radius 3 is 2.21 bits per heavy atom. The molecule has 0 aliphatic rings. The van der Waals surface area contributed by atoms with Crippen LogP contribution >= 0.6 is 0 Å². The number of nitrogens with two attached hydrogens (primary N) is 1. The molecule has 2 aromatic carbocycles. The number of aryl methyl sites for hydroxylation is 2. The third kappa shape index (κ3) is 3.17. The topological polar surface area (TPSA) is 95.4 Å². The van der Waals surface area contributed by atoms with E-state index in [2.05, 4.69) is 41.2 Å². The number of benzene rings is 2. The Hall–Kier alpha value is -4.65. The number of hydrogen-bond donors (Lipinski definition) is 1. The highest BCUT2D eigenvalue weighted by molar-refractivity contribution is 6.12. The van der Waals surface area contributed by atoms with E-state index in [1.807, 2.05) is 54.1 Å². The molecule has 34 heavy (non-hydrogen) atoms. The van der Waals surface area contributed by atoms with Crippen LogP contribution in [0.5, 0.6) is 0 Å². The average Bonchev–Trinajstić information content (AvgIpc) is 3.20. The van der Waals surface area contributed by atoms with E-state index in [0.29, 0.717) is 17.3 Å². The zero-order valence-electron chi connectivity index (χ0n) is 18.8. The molecular weight excluding hydrogens is 422 g/mol. The van der Waals surface area contributed by atoms with Crippen molar-refractivity contribution in [3.63, 3.8) is 0 Å². The molecule has 0 aliphatic heterocycles. The van der Waals surface area contributed by atoms with Crippen molar-refractivity contribution in [2.45, 2.75) is 13.8 Å². The van der Waals surface area contributed by atoms with Gasteiger partial charge in [-0.2, -0.15) is 5.10 Å². The zero-order valence-corrected chi connectivity index (χ0v) is 18.8. The van der Waals surface area contributed by atoms with Gasteiger partial charge in [-0.3, -0.25) is 4.98 Å². The van der Waals surface area contributed by atoms with E-state index >= 15 is 0 Å². The van der Waals surface area contributed by atoms with Gasteiger partial charge in [0.1, 0.15) is 5.82 Å². The maximum absolute atomic E-state index is 6.59. The van der Waals surface area contributed by atoms with Crippen LogP contribution in [0.4, 0.5) is 5.82 Å². The molecule has 164 valence electrons. The smallest absolute Gasteiger partial charge is 0.168 e. The fourth-order valence-electron chi connectivity index (χ4n) is 4.31. The molecule has 0 saturated heterocycles. The van der Waals surface area contributed by atoms with Crippen LogP contribution in [0, 0.1) is 13.8 Å². The lowest BCUT2D eigenvalue weighted by molar-refractivity contribution is 0.878. The molecule has 6 rings (SSSR count). The Morgan fingerprint density at radius 1 is 0.735 bits per heavy atom. The van der Waals surface area contributed by atoms with Gasteiger partial charge >= 0.3 is 0 Å². The van der Waals surface area contributed by atoms with Crippen molar-refractivity contribution >= 4 is 27.9 Å². The number of rotatable bonds is 3. The standard InChI is InChI=1S/C27H21N7/c1-16-8-10-18(11-9-16)22-21-17(2)33-34(20-6-4-3-5-7-20)27(21)32-26-23(22)24(28)30-25(31-26)19-12-14-29-15-13-19/h3-15H,1-2H3,(H2,28,30,31,32). The highest BCUT2D eigenvalue weighted by atomic mass is 15.3. The van der Waals surface area contributed by atoms with E-state index in [9.17, 15) is 0 Å². The minimum atomic E-state index is 0.383. The normalized spacial score (nSPS) is 11.4. The number of para-hydroxylation sites is 1. The Balaban J connectivity index is 1.76. The molecule has 0 bridgehead atoms.